The lowest BCUT2D eigenvalue weighted by Gasteiger charge is -1.89. The number of rotatable bonds is 3. The molecule has 0 amide bonds. The first-order chi connectivity index (χ1) is 6.81. The van der Waals surface area contributed by atoms with Gasteiger partial charge in [-0.2, -0.15) is 0 Å². The van der Waals surface area contributed by atoms with Gasteiger partial charge < -0.3 is 4.42 Å². The zero-order valence-electron chi connectivity index (χ0n) is 7.04. The molecule has 74 valence electrons. The third kappa shape index (κ3) is 1.99. The van der Waals surface area contributed by atoms with Gasteiger partial charge in [-0.15, -0.1) is 33.1 Å². The smallest absolute Gasteiger partial charge is 0.249 e. The van der Waals surface area contributed by atoms with Crippen molar-refractivity contribution in [2.75, 3.05) is 5.88 Å². The normalized spacial score (nSPS) is 10.7. The van der Waals surface area contributed by atoms with Gasteiger partial charge in [-0.05, 0) is 27.4 Å². The Morgan fingerprint density at radius 2 is 2.36 bits per heavy atom. The molecule has 0 radical (unpaired) electrons. The third-order valence-corrected chi connectivity index (χ3v) is 3.50. The summed E-state index contributed by atoms with van der Waals surface area (Å²) in [5, 5.41) is 9.79. The van der Waals surface area contributed by atoms with E-state index in [0.29, 0.717) is 24.1 Å². The number of thiophene rings is 1. The Morgan fingerprint density at radius 3 is 3.00 bits per heavy atom. The molecule has 14 heavy (non-hydrogen) atoms. The van der Waals surface area contributed by atoms with Crippen LogP contribution in [0.2, 0.25) is 0 Å². The molecule has 0 aliphatic rings. The van der Waals surface area contributed by atoms with E-state index in [1.165, 1.54) is 0 Å². The predicted molar refractivity (Wildman–Crippen MR) is 59.7 cm³/mol. The summed E-state index contributed by atoms with van der Waals surface area (Å²) in [6.45, 7) is 0. The fourth-order valence-electron chi connectivity index (χ4n) is 0.990. The topological polar surface area (TPSA) is 38.9 Å². The van der Waals surface area contributed by atoms with E-state index in [9.17, 15) is 0 Å². The molecule has 3 nitrogen and oxygen atoms in total. The van der Waals surface area contributed by atoms with Crippen LogP contribution in [0.1, 0.15) is 5.89 Å². The van der Waals surface area contributed by atoms with Crippen molar-refractivity contribution in [3.8, 4) is 11.5 Å². The van der Waals surface area contributed by atoms with Gasteiger partial charge in [-0.25, -0.2) is 0 Å². The van der Waals surface area contributed by atoms with E-state index in [2.05, 4.69) is 26.1 Å². The van der Waals surface area contributed by atoms with E-state index >= 15 is 0 Å². The molecule has 0 aromatic carbocycles. The minimum atomic E-state index is 0.492. The largest absolute Gasteiger partial charge is 0.421 e. The Hall–Kier alpha value is -0.390. The van der Waals surface area contributed by atoms with Gasteiger partial charge in [0.2, 0.25) is 11.8 Å². The van der Waals surface area contributed by atoms with Crippen molar-refractivity contribution in [1.29, 1.82) is 0 Å². The highest BCUT2D eigenvalue weighted by Crippen LogP contribution is 2.31. The summed E-state index contributed by atoms with van der Waals surface area (Å²) in [6.07, 6.45) is 0.607. The van der Waals surface area contributed by atoms with Crippen LogP contribution in [0.5, 0.6) is 0 Å². The van der Waals surface area contributed by atoms with Crippen molar-refractivity contribution in [3.63, 3.8) is 0 Å². The van der Waals surface area contributed by atoms with Crippen molar-refractivity contribution < 1.29 is 4.42 Å². The fraction of sp³-hybridized carbons (Fsp3) is 0.250. The van der Waals surface area contributed by atoms with Gasteiger partial charge in [-0.3, -0.25) is 0 Å². The summed E-state index contributed by atoms with van der Waals surface area (Å²) in [6, 6.07) is 1.94. The molecule has 0 N–H and O–H groups in total. The average Bonchev–Trinajstić information content (AvgIpc) is 2.74. The summed E-state index contributed by atoms with van der Waals surface area (Å²) >= 11 is 10.6. The Labute approximate surface area is 98.2 Å². The third-order valence-electron chi connectivity index (χ3n) is 1.62. The molecular formula is C8H6BrClN2OS. The van der Waals surface area contributed by atoms with Gasteiger partial charge in [0.25, 0.3) is 0 Å². The Bertz CT molecular complexity index is 428. The molecule has 6 heteroatoms. The summed E-state index contributed by atoms with van der Waals surface area (Å²) in [5.74, 6) is 1.61. The van der Waals surface area contributed by atoms with Gasteiger partial charge in [0.1, 0.15) is 0 Å². The van der Waals surface area contributed by atoms with Crippen LogP contribution < -0.4 is 0 Å². The molecule has 0 bridgehead atoms. The van der Waals surface area contributed by atoms with Crippen molar-refractivity contribution in [2.24, 2.45) is 0 Å². The molecular weight excluding hydrogens is 288 g/mol. The molecule has 0 spiro atoms. The molecule has 2 rings (SSSR count). The number of aromatic nitrogens is 2. The summed E-state index contributed by atoms with van der Waals surface area (Å²) in [7, 11) is 0. The van der Waals surface area contributed by atoms with E-state index in [1.54, 1.807) is 11.3 Å². The van der Waals surface area contributed by atoms with Crippen LogP contribution in [0.3, 0.4) is 0 Å². The van der Waals surface area contributed by atoms with Crippen LogP contribution >= 0.6 is 38.9 Å². The lowest BCUT2D eigenvalue weighted by molar-refractivity contribution is 0.513. The molecule has 0 saturated carbocycles. The summed E-state index contributed by atoms with van der Waals surface area (Å²) < 4.78 is 6.42. The number of aryl methyl sites for hydroxylation is 1. The molecule has 2 aromatic heterocycles. The molecule has 2 aromatic rings. The fourth-order valence-corrected chi connectivity index (χ4v) is 2.38. The SMILES string of the molecule is ClCCc1nnc(-c2ccsc2Br)o1. The lowest BCUT2D eigenvalue weighted by Crippen LogP contribution is -1.84. The van der Waals surface area contributed by atoms with Crippen LogP contribution in [0.25, 0.3) is 11.5 Å². The van der Waals surface area contributed by atoms with Crippen LogP contribution in [0.15, 0.2) is 19.6 Å². The molecule has 0 aliphatic carbocycles. The molecule has 0 unspecified atom stereocenters. The van der Waals surface area contributed by atoms with Crippen LogP contribution in [-0.2, 0) is 6.42 Å². The molecule has 0 saturated heterocycles. The van der Waals surface area contributed by atoms with Gasteiger partial charge >= 0.3 is 0 Å². The van der Waals surface area contributed by atoms with Gasteiger partial charge in [-0.1, -0.05) is 0 Å². The van der Waals surface area contributed by atoms with Gasteiger partial charge in [0.05, 0.1) is 9.35 Å². The number of hydrogen-bond acceptors (Lipinski definition) is 4. The first kappa shape index (κ1) is 10.1. The predicted octanol–water partition coefficient (Wildman–Crippen LogP) is 3.34. The van der Waals surface area contributed by atoms with E-state index in [4.69, 9.17) is 16.0 Å². The van der Waals surface area contributed by atoms with Crippen LogP contribution in [0, 0.1) is 0 Å². The monoisotopic (exact) mass is 292 g/mol. The number of halogens is 2. The van der Waals surface area contributed by atoms with Gasteiger partial charge in [0.15, 0.2) is 0 Å². The van der Waals surface area contributed by atoms with E-state index in [0.717, 1.165) is 9.35 Å². The maximum atomic E-state index is 5.57. The van der Waals surface area contributed by atoms with Crippen molar-refractivity contribution in [1.82, 2.24) is 10.2 Å². The molecule has 0 fully saturated rings. The second-order valence-electron chi connectivity index (χ2n) is 2.55. The summed E-state index contributed by atoms with van der Waals surface area (Å²) in [4.78, 5) is 0. The maximum absolute atomic E-state index is 5.57. The standard InChI is InChI=1S/C8H6BrClN2OS/c9-7-5(2-4-14-7)8-12-11-6(13-8)1-3-10/h2,4H,1,3H2. The second-order valence-corrected chi connectivity index (χ2v) is 5.16. The zero-order chi connectivity index (χ0) is 9.97. The minimum absolute atomic E-state index is 0.492. The lowest BCUT2D eigenvalue weighted by atomic mass is 10.3. The quantitative estimate of drug-likeness (QED) is 0.815. The Morgan fingerprint density at radius 1 is 1.50 bits per heavy atom. The molecule has 0 aliphatic heterocycles. The number of nitrogens with zero attached hydrogens (tertiary/aromatic N) is 2. The van der Waals surface area contributed by atoms with Crippen molar-refractivity contribution in [2.45, 2.75) is 6.42 Å². The first-order valence-corrected chi connectivity index (χ1v) is 6.13. The first-order valence-electron chi connectivity index (χ1n) is 3.93. The van der Waals surface area contributed by atoms with Crippen LogP contribution in [0.4, 0.5) is 0 Å². The van der Waals surface area contributed by atoms with E-state index in [-0.39, 0.29) is 0 Å². The number of hydrogen-bond donors (Lipinski definition) is 0. The molecule has 0 atom stereocenters. The van der Waals surface area contributed by atoms with E-state index in [1.807, 2.05) is 11.4 Å². The Kier molecular flexibility index (Phi) is 3.20. The maximum Gasteiger partial charge on any atom is 0.249 e. The zero-order valence-corrected chi connectivity index (χ0v) is 10.2. The molecule has 2 heterocycles. The Balaban J connectivity index is 2.29. The van der Waals surface area contributed by atoms with Gasteiger partial charge in [0, 0.05) is 12.3 Å². The second kappa shape index (κ2) is 4.42. The highest BCUT2D eigenvalue weighted by atomic mass is 79.9. The number of alkyl halides is 1. The van der Waals surface area contributed by atoms with E-state index < -0.39 is 0 Å². The van der Waals surface area contributed by atoms with Crippen molar-refractivity contribution in [3.05, 3.63) is 21.1 Å². The average molecular weight is 294 g/mol. The van der Waals surface area contributed by atoms with Crippen LogP contribution in [-0.4, -0.2) is 16.1 Å². The summed E-state index contributed by atoms with van der Waals surface area (Å²) in [5.41, 5.74) is 0.934. The highest BCUT2D eigenvalue weighted by molar-refractivity contribution is 9.11. The highest BCUT2D eigenvalue weighted by Gasteiger charge is 2.11. The van der Waals surface area contributed by atoms with Crippen molar-refractivity contribution >= 4 is 38.9 Å². The minimum Gasteiger partial charge on any atom is -0.421 e.